The quantitative estimate of drug-likeness (QED) is 0.802. The zero-order chi connectivity index (χ0) is 17.6. The highest BCUT2D eigenvalue weighted by Gasteiger charge is 2.14. The van der Waals surface area contributed by atoms with Gasteiger partial charge < -0.3 is 5.32 Å². The first kappa shape index (κ1) is 18.9. The van der Waals surface area contributed by atoms with Crippen molar-refractivity contribution >= 4 is 15.9 Å². The van der Waals surface area contributed by atoms with Crippen LogP contribution in [0.1, 0.15) is 35.2 Å². The van der Waals surface area contributed by atoms with Gasteiger partial charge in [-0.1, -0.05) is 18.6 Å². The summed E-state index contributed by atoms with van der Waals surface area (Å²) in [5, 5.41) is 2.66. The maximum atomic E-state index is 12.1. The molecule has 0 bridgehead atoms. The maximum Gasteiger partial charge on any atom is 0.251 e. The van der Waals surface area contributed by atoms with Crippen molar-refractivity contribution in [2.45, 2.75) is 25.8 Å². The lowest BCUT2D eigenvalue weighted by atomic mass is 10.1. The van der Waals surface area contributed by atoms with E-state index >= 15 is 0 Å². The highest BCUT2D eigenvalue weighted by molar-refractivity contribution is 7.89. The Balaban J connectivity index is 1.82. The number of hydrogen-bond donors (Lipinski definition) is 1. The van der Waals surface area contributed by atoms with E-state index in [4.69, 9.17) is 0 Å². The number of carbonyl (C=O) groups is 1. The molecule has 1 aromatic rings. The van der Waals surface area contributed by atoms with Gasteiger partial charge in [-0.05, 0) is 43.6 Å². The maximum absolute atomic E-state index is 12.1. The van der Waals surface area contributed by atoms with Crippen LogP contribution >= 0.6 is 0 Å². The summed E-state index contributed by atoms with van der Waals surface area (Å²) < 4.78 is 24.5. The molecule has 0 saturated carbocycles. The van der Waals surface area contributed by atoms with Gasteiger partial charge in [0.1, 0.15) is 0 Å². The van der Waals surface area contributed by atoms with Gasteiger partial charge in [-0.3, -0.25) is 9.69 Å². The topological polar surface area (TPSA) is 69.7 Å². The largest absolute Gasteiger partial charge is 0.351 e. The summed E-state index contributed by atoms with van der Waals surface area (Å²) in [7, 11) is -0.317. The summed E-state index contributed by atoms with van der Waals surface area (Å²) >= 11 is 0. The smallest absolute Gasteiger partial charge is 0.251 e. The Kier molecular flexibility index (Phi) is 6.77. The second-order valence-corrected chi connectivity index (χ2v) is 8.69. The third-order valence-corrected chi connectivity index (χ3v) is 6.11. The molecule has 0 spiro atoms. The molecule has 1 aliphatic rings. The normalized spacial score (nSPS) is 16.3. The van der Waals surface area contributed by atoms with Crippen LogP contribution in [-0.2, 0) is 16.6 Å². The molecule has 1 N–H and O–H groups in total. The highest BCUT2D eigenvalue weighted by Crippen LogP contribution is 2.13. The van der Waals surface area contributed by atoms with Gasteiger partial charge in [-0.2, -0.15) is 0 Å². The molecule has 1 aliphatic heterocycles. The number of benzene rings is 1. The van der Waals surface area contributed by atoms with Crippen LogP contribution in [0, 0.1) is 0 Å². The fourth-order valence-corrected chi connectivity index (χ4v) is 3.44. The Bertz CT molecular complexity index is 636. The zero-order valence-electron chi connectivity index (χ0n) is 14.5. The van der Waals surface area contributed by atoms with E-state index in [9.17, 15) is 13.2 Å². The molecule has 0 atom stereocenters. The number of rotatable bonds is 7. The van der Waals surface area contributed by atoms with Crippen LogP contribution in [0.25, 0.3) is 0 Å². The summed E-state index contributed by atoms with van der Waals surface area (Å²) in [6.07, 6.45) is 3.84. The number of sulfonamides is 1. The van der Waals surface area contributed by atoms with Crippen LogP contribution in [0.5, 0.6) is 0 Å². The minimum Gasteiger partial charge on any atom is -0.351 e. The van der Waals surface area contributed by atoms with Crippen LogP contribution < -0.4 is 5.32 Å². The monoisotopic (exact) mass is 353 g/mol. The Hall–Kier alpha value is -1.44. The molecule has 134 valence electrons. The van der Waals surface area contributed by atoms with Crippen molar-refractivity contribution in [2.75, 3.05) is 39.5 Å². The van der Waals surface area contributed by atoms with Crippen LogP contribution in [0.15, 0.2) is 24.3 Å². The molecular formula is C17H27N3O3S. The van der Waals surface area contributed by atoms with E-state index in [-0.39, 0.29) is 18.2 Å². The molecule has 1 heterocycles. The molecular weight excluding hydrogens is 326 g/mol. The number of nitrogens with one attached hydrogen (secondary N) is 1. The Labute approximate surface area is 144 Å². The van der Waals surface area contributed by atoms with Gasteiger partial charge in [-0.25, -0.2) is 12.7 Å². The molecule has 0 unspecified atom stereocenters. The van der Waals surface area contributed by atoms with Gasteiger partial charge in [0, 0.05) is 32.7 Å². The van der Waals surface area contributed by atoms with E-state index in [0.29, 0.717) is 5.56 Å². The van der Waals surface area contributed by atoms with E-state index in [1.165, 1.54) is 38.9 Å². The van der Waals surface area contributed by atoms with E-state index in [1.54, 1.807) is 12.1 Å². The first-order valence-electron chi connectivity index (χ1n) is 8.38. The van der Waals surface area contributed by atoms with Crippen molar-refractivity contribution in [2.24, 2.45) is 0 Å². The summed E-state index contributed by atoms with van der Waals surface area (Å²) in [5.41, 5.74) is 1.75. The molecule has 0 aliphatic carbocycles. The Morgan fingerprint density at radius 3 is 2.33 bits per heavy atom. The first-order chi connectivity index (χ1) is 11.4. The average molecular weight is 353 g/mol. The summed E-state index contributed by atoms with van der Waals surface area (Å²) in [5.74, 6) is -0.341. The number of nitrogens with zero attached hydrogens (tertiary/aromatic N) is 2. The van der Waals surface area contributed by atoms with Gasteiger partial charge in [0.15, 0.2) is 0 Å². The van der Waals surface area contributed by atoms with Crippen LogP contribution in [-0.4, -0.2) is 63.0 Å². The van der Waals surface area contributed by atoms with E-state index < -0.39 is 10.0 Å². The first-order valence-corrected chi connectivity index (χ1v) is 9.99. The van der Waals surface area contributed by atoms with Crippen LogP contribution in [0.2, 0.25) is 0 Å². The Morgan fingerprint density at radius 2 is 1.75 bits per heavy atom. The van der Waals surface area contributed by atoms with E-state index in [1.807, 2.05) is 12.1 Å². The van der Waals surface area contributed by atoms with Crippen LogP contribution in [0.3, 0.4) is 0 Å². The van der Waals surface area contributed by atoms with Gasteiger partial charge in [-0.15, -0.1) is 0 Å². The Morgan fingerprint density at radius 1 is 1.12 bits per heavy atom. The fraction of sp³-hybridized carbons (Fsp3) is 0.588. The number of hydrogen-bond acceptors (Lipinski definition) is 4. The molecule has 1 aromatic carbocycles. The number of piperidine rings is 1. The molecule has 1 saturated heterocycles. The third kappa shape index (κ3) is 5.58. The van der Waals surface area contributed by atoms with E-state index in [0.717, 1.165) is 23.9 Å². The SMILES string of the molecule is CN(C)S(=O)(=O)CCNC(=O)c1ccc(CN2CCCCC2)cc1. The third-order valence-electron chi connectivity index (χ3n) is 4.27. The molecule has 7 heteroatoms. The molecule has 0 aromatic heterocycles. The lowest BCUT2D eigenvalue weighted by molar-refractivity contribution is 0.0956. The predicted molar refractivity (Wildman–Crippen MR) is 95.4 cm³/mol. The minimum atomic E-state index is -3.29. The molecule has 6 nitrogen and oxygen atoms in total. The minimum absolute atomic E-state index is 0.0984. The second kappa shape index (κ2) is 8.60. The lowest BCUT2D eigenvalue weighted by Gasteiger charge is -2.26. The summed E-state index contributed by atoms with van der Waals surface area (Å²) in [6, 6.07) is 7.55. The standard InChI is InChI=1S/C17H27N3O3S/c1-19(2)24(22,23)13-10-18-17(21)16-8-6-15(7-9-16)14-20-11-4-3-5-12-20/h6-9H,3-5,10-14H2,1-2H3,(H,18,21). The van der Waals surface area contributed by atoms with Gasteiger partial charge >= 0.3 is 0 Å². The zero-order valence-corrected chi connectivity index (χ0v) is 15.3. The molecule has 2 rings (SSSR count). The van der Waals surface area contributed by atoms with Crippen molar-refractivity contribution in [3.8, 4) is 0 Å². The fourth-order valence-electron chi connectivity index (χ4n) is 2.72. The molecule has 0 radical (unpaired) electrons. The number of carbonyl (C=O) groups excluding carboxylic acids is 1. The van der Waals surface area contributed by atoms with Crippen LogP contribution in [0.4, 0.5) is 0 Å². The lowest BCUT2D eigenvalue weighted by Crippen LogP contribution is -2.33. The molecule has 1 fully saturated rings. The van der Waals surface area contributed by atoms with Crippen molar-refractivity contribution < 1.29 is 13.2 Å². The number of likely N-dealkylation sites (tertiary alicyclic amines) is 1. The molecule has 1 amide bonds. The van der Waals surface area contributed by atoms with Gasteiger partial charge in [0.05, 0.1) is 5.75 Å². The van der Waals surface area contributed by atoms with E-state index in [2.05, 4.69) is 10.2 Å². The molecule has 24 heavy (non-hydrogen) atoms. The van der Waals surface area contributed by atoms with Crippen molar-refractivity contribution in [3.63, 3.8) is 0 Å². The average Bonchev–Trinajstić information content (AvgIpc) is 2.56. The predicted octanol–water partition coefficient (Wildman–Crippen LogP) is 1.29. The van der Waals surface area contributed by atoms with Crippen molar-refractivity contribution in [1.82, 2.24) is 14.5 Å². The van der Waals surface area contributed by atoms with Gasteiger partial charge in [0.2, 0.25) is 10.0 Å². The summed E-state index contributed by atoms with van der Waals surface area (Å²) in [6.45, 7) is 3.31. The van der Waals surface area contributed by atoms with Crippen molar-refractivity contribution in [3.05, 3.63) is 35.4 Å². The van der Waals surface area contributed by atoms with Crippen molar-refractivity contribution in [1.29, 1.82) is 0 Å². The second-order valence-electron chi connectivity index (χ2n) is 6.39. The number of amides is 1. The summed E-state index contributed by atoms with van der Waals surface area (Å²) in [4.78, 5) is 14.5. The highest BCUT2D eigenvalue weighted by atomic mass is 32.2. The van der Waals surface area contributed by atoms with Gasteiger partial charge in [0.25, 0.3) is 5.91 Å².